The molecule has 4 rings (SSSR count). The number of urea groups is 1. The van der Waals surface area contributed by atoms with Gasteiger partial charge in [-0.25, -0.2) is 9.78 Å². The number of carbonyl (C=O) groups is 3. The van der Waals surface area contributed by atoms with Crippen LogP contribution >= 0.6 is 0 Å². The van der Waals surface area contributed by atoms with Gasteiger partial charge in [0, 0.05) is 19.5 Å². The molecule has 1 aromatic heterocycles. The maximum atomic E-state index is 12.8. The van der Waals surface area contributed by atoms with Crippen LogP contribution in [0, 0.1) is 0 Å². The van der Waals surface area contributed by atoms with Gasteiger partial charge in [0.2, 0.25) is 0 Å². The number of nitrogens with one attached hydrogen (secondary N) is 1. The number of ether oxygens (including phenoxy) is 1. The summed E-state index contributed by atoms with van der Waals surface area (Å²) in [5.41, 5.74) is 2.68. The maximum Gasteiger partial charge on any atom is 0.329 e. The predicted molar refractivity (Wildman–Crippen MR) is 146 cm³/mol. The molecule has 0 bridgehead atoms. The number of carbonyl (C=O) groups excluding carboxylic acids is 3. The smallest absolute Gasteiger partial charge is 0.329 e. The van der Waals surface area contributed by atoms with Crippen molar-refractivity contribution in [3.05, 3.63) is 58.8 Å². The van der Waals surface area contributed by atoms with Crippen LogP contribution in [0.2, 0.25) is 0 Å². The van der Waals surface area contributed by atoms with Gasteiger partial charge in [-0.1, -0.05) is 70.2 Å². The Balaban J connectivity index is 1.64. The number of hydrogen-bond donors (Lipinski definition) is 1. The average Bonchev–Trinajstić information content (AvgIpc) is 3.44. The van der Waals surface area contributed by atoms with Gasteiger partial charge in [0.25, 0.3) is 5.91 Å². The molecule has 8 nitrogen and oxygen atoms in total. The average molecular weight is 521 g/mol. The Kier molecular flexibility index (Phi) is 9.02. The number of methoxy groups -OCH3 is 1. The summed E-state index contributed by atoms with van der Waals surface area (Å²) in [6.45, 7) is 5.28. The third-order valence-corrected chi connectivity index (χ3v) is 7.86. The number of imidazole rings is 1. The van der Waals surface area contributed by atoms with Gasteiger partial charge in [-0.2, -0.15) is 0 Å². The molecule has 0 spiro atoms. The number of nitrogens with zero attached hydrogens (tertiary/aromatic N) is 3. The number of aromatic nitrogens is 2. The molecule has 3 amide bonds. The van der Waals surface area contributed by atoms with Gasteiger partial charge in [-0.15, -0.1) is 0 Å². The summed E-state index contributed by atoms with van der Waals surface area (Å²) < 4.78 is 7.35. The van der Waals surface area contributed by atoms with E-state index in [0.29, 0.717) is 18.8 Å². The highest BCUT2D eigenvalue weighted by Gasteiger charge is 2.42. The maximum absolute atomic E-state index is 12.8. The van der Waals surface area contributed by atoms with E-state index in [-0.39, 0.29) is 17.9 Å². The van der Waals surface area contributed by atoms with E-state index < -0.39 is 5.41 Å². The van der Waals surface area contributed by atoms with Gasteiger partial charge in [0.05, 0.1) is 24.4 Å². The van der Waals surface area contributed by atoms with Crippen molar-refractivity contribution < 1.29 is 19.1 Å². The van der Waals surface area contributed by atoms with E-state index in [4.69, 9.17) is 4.74 Å². The molecule has 2 heterocycles. The minimum absolute atomic E-state index is 0.146. The van der Waals surface area contributed by atoms with E-state index in [1.165, 1.54) is 12.0 Å². The number of rotatable bonds is 11. The summed E-state index contributed by atoms with van der Waals surface area (Å²) in [6, 6.07) is 7.91. The third-order valence-electron chi connectivity index (χ3n) is 7.86. The molecule has 38 heavy (non-hydrogen) atoms. The third kappa shape index (κ3) is 5.69. The van der Waals surface area contributed by atoms with Crippen molar-refractivity contribution in [2.75, 3.05) is 13.7 Å². The lowest BCUT2D eigenvalue weighted by Crippen LogP contribution is -2.38. The summed E-state index contributed by atoms with van der Waals surface area (Å²) in [7, 11) is 1.47. The Hall–Kier alpha value is -3.42. The molecular formula is C30H40N4O4. The second-order valence-electron chi connectivity index (χ2n) is 10.4. The summed E-state index contributed by atoms with van der Waals surface area (Å²) in [5, 5.41) is 2.42. The Morgan fingerprint density at radius 3 is 2.45 bits per heavy atom. The number of hydrogen-bond acceptors (Lipinski definition) is 5. The largest absolute Gasteiger partial charge is 0.468 e. The zero-order valence-electron chi connectivity index (χ0n) is 22.9. The summed E-state index contributed by atoms with van der Waals surface area (Å²) >= 11 is 0. The molecule has 0 unspecified atom stereocenters. The molecule has 8 heteroatoms. The van der Waals surface area contributed by atoms with Crippen molar-refractivity contribution in [3.8, 4) is 0 Å². The fraction of sp³-hybridized carbons (Fsp3) is 0.533. The van der Waals surface area contributed by atoms with Gasteiger partial charge in [-0.05, 0) is 42.9 Å². The molecule has 2 fully saturated rings. The number of unbranched alkanes of at least 4 members (excludes halogenated alkanes) is 2. The molecule has 1 aliphatic heterocycles. The lowest BCUT2D eigenvalue weighted by Gasteiger charge is -2.35. The van der Waals surface area contributed by atoms with E-state index in [1.807, 2.05) is 0 Å². The summed E-state index contributed by atoms with van der Waals surface area (Å²) in [5.74, 6) is 0.428. The first-order valence-electron chi connectivity index (χ1n) is 14.0. The van der Waals surface area contributed by atoms with Gasteiger partial charge < -0.3 is 9.30 Å². The fourth-order valence-corrected chi connectivity index (χ4v) is 5.62. The number of imide groups is 1. The normalized spacial score (nSPS) is 18.2. The van der Waals surface area contributed by atoms with Crippen molar-refractivity contribution in [3.63, 3.8) is 0 Å². The van der Waals surface area contributed by atoms with Crippen LogP contribution in [0.4, 0.5) is 4.79 Å². The SMILES string of the molecule is CCCCc1ncc(C=C2C(=O)NC(=O)N2CCCC)n1Cc1ccc(C2(C(=O)OC)CCCCC2)cc1. The van der Waals surface area contributed by atoms with Crippen LogP contribution in [0.1, 0.15) is 94.3 Å². The number of amides is 3. The van der Waals surface area contributed by atoms with E-state index in [1.54, 1.807) is 12.3 Å². The van der Waals surface area contributed by atoms with E-state index >= 15 is 0 Å². The molecule has 2 aliphatic rings. The van der Waals surface area contributed by atoms with Crippen LogP contribution in [-0.4, -0.2) is 46.0 Å². The molecule has 1 N–H and O–H groups in total. The van der Waals surface area contributed by atoms with E-state index in [2.05, 4.69) is 53.0 Å². The first-order chi connectivity index (χ1) is 18.4. The van der Waals surface area contributed by atoms with Crippen LogP contribution in [0.3, 0.4) is 0 Å². The molecule has 1 saturated carbocycles. The van der Waals surface area contributed by atoms with Crippen molar-refractivity contribution in [2.24, 2.45) is 0 Å². The molecule has 0 atom stereocenters. The molecule has 0 radical (unpaired) electrons. The molecular weight excluding hydrogens is 480 g/mol. The predicted octanol–water partition coefficient (Wildman–Crippen LogP) is 5.34. The highest BCUT2D eigenvalue weighted by Crippen LogP contribution is 2.40. The molecule has 1 saturated heterocycles. The highest BCUT2D eigenvalue weighted by atomic mass is 16.5. The summed E-state index contributed by atoms with van der Waals surface area (Å²) in [4.78, 5) is 44.0. The molecule has 1 aliphatic carbocycles. The van der Waals surface area contributed by atoms with Crippen LogP contribution in [0.5, 0.6) is 0 Å². The fourth-order valence-electron chi connectivity index (χ4n) is 5.62. The summed E-state index contributed by atoms with van der Waals surface area (Å²) in [6.07, 6.45) is 13.0. The topological polar surface area (TPSA) is 93.5 Å². The molecule has 204 valence electrons. The Bertz CT molecular complexity index is 1180. The van der Waals surface area contributed by atoms with E-state index in [0.717, 1.165) is 86.9 Å². The quantitative estimate of drug-likeness (QED) is 0.245. The van der Waals surface area contributed by atoms with Crippen LogP contribution in [-0.2, 0) is 32.7 Å². The van der Waals surface area contributed by atoms with Gasteiger partial charge in [-0.3, -0.25) is 19.8 Å². The molecule has 2 aromatic rings. The first kappa shape index (κ1) is 27.6. The number of benzene rings is 1. The van der Waals surface area contributed by atoms with Crippen LogP contribution in [0.25, 0.3) is 6.08 Å². The standard InChI is InChI=1S/C30H40N4O4/c1-4-6-11-26-31-20-24(19-25-27(35)32-29(37)33(25)18-7-5-2)34(26)21-22-12-14-23(15-13-22)30(28(36)38-3)16-9-8-10-17-30/h12-15,19-20H,4-11,16-18,21H2,1-3H3,(H,32,35,37). The van der Waals surface area contributed by atoms with Crippen molar-refractivity contribution in [1.82, 2.24) is 19.8 Å². The zero-order valence-corrected chi connectivity index (χ0v) is 22.9. The van der Waals surface area contributed by atoms with Crippen LogP contribution < -0.4 is 5.32 Å². The zero-order chi connectivity index (χ0) is 27.1. The lowest BCUT2D eigenvalue weighted by molar-refractivity contribution is -0.149. The number of aryl methyl sites for hydroxylation is 1. The van der Waals surface area contributed by atoms with Gasteiger partial charge in [0.1, 0.15) is 11.5 Å². The van der Waals surface area contributed by atoms with Gasteiger partial charge in [0.15, 0.2) is 0 Å². The Labute approximate surface area is 225 Å². The lowest BCUT2D eigenvalue weighted by atomic mass is 9.69. The van der Waals surface area contributed by atoms with Gasteiger partial charge >= 0.3 is 12.0 Å². The van der Waals surface area contributed by atoms with Crippen molar-refractivity contribution in [2.45, 2.75) is 90.0 Å². The first-order valence-corrected chi connectivity index (χ1v) is 14.0. The molecule has 1 aromatic carbocycles. The highest BCUT2D eigenvalue weighted by molar-refractivity contribution is 6.13. The monoisotopic (exact) mass is 520 g/mol. The second-order valence-corrected chi connectivity index (χ2v) is 10.4. The second kappa shape index (κ2) is 12.4. The minimum atomic E-state index is -0.563. The van der Waals surface area contributed by atoms with Crippen molar-refractivity contribution in [1.29, 1.82) is 0 Å². The Morgan fingerprint density at radius 1 is 1.08 bits per heavy atom. The van der Waals surface area contributed by atoms with Crippen LogP contribution in [0.15, 0.2) is 36.2 Å². The van der Waals surface area contributed by atoms with E-state index in [9.17, 15) is 14.4 Å². The minimum Gasteiger partial charge on any atom is -0.468 e. The van der Waals surface area contributed by atoms with Crippen molar-refractivity contribution >= 4 is 24.0 Å². The number of esters is 1. The Morgan fingerprint density at radius 2 is 1.79 bits per heavy atom.